The summed E-state index contributed by atoms with van der Waals surface area (Å²) in [6, 6.07) is 56.3. The molecule has 0 fully saturated rings. The molecule has 11 rings (SSSR count). The van der Waals surface area contributed by atoms with Crippen LogP contribution in [-0.2, 0) is 0 Å². The first-order valence-electron chi connectivity index (χ1n) is 21.1. The van der Waals surface area contributed by atoms with Crippen molar-refractivity contribution in [2.45, 2.75) is 41.5 Å². The number of benzene rings is 9. The topological polar surface area (TPSA) is 56.6 Å². The summed E-state index contributed by atoms with van der Waals surface area (Å²) in [7, 11) is 0. The first-order valence-corrected chi connectivity index (χ1v) is 21.1. The van der Waals surface area contributed by atoms with Crippen LogP contribution in [0, 0.1) is 52.9 Å². The Kier molecular flexibility index (Phi) is 8.49. The first-order chi connectivity index (χ1) is 30.2. The molecule has 0 aliphatic rings. The van der Waals surface area contributed by atoms with Gasteiger partial charge in [-0.25, -0.2) is 0 Å². The van der Waals surface area contributed by atoms with Crippen LogP contribution in [0.1, 0.15) is 38.9 Å². The van der Waals surface area contributed by atoms with Crippen molar-refractivity contribution in [2.75, 3.05) is 9.80 Å². The van der Waals surface area contributed by atoms with Crippen LogP contribution in [0.2, 0.25) is 0 Å². The second-order valence-corrected chi connectivity index (χ2v) is 16.8. The molecule has 0 N–H and O–H groups in total. The van der Waals surface area contributed by atoms with E-state index in [0.717, 1.165) is 77.0 Å². The van der Waals surface area contributed by atoms with Crippen molar-refractivity contribution in [3.8, 4) is 6.07 Å². The number of anilines is 6. The van der Waals surface area contributed by atoms with E-state index in [0.29, 0.717) is 16.7 Å². The molecule has 0 aliphatic carbocycles. The van der Waals surface area contributed by atoms with E-state index < -0.39 is 0 Å². The van der Waals surface area contributed by atoms with E-state index in [9.17, 15) is 5.26 Å². The summed E-state index contributed by atoms with van der Waals surface area (Å²) in [4.78, 5) is 4.73. The van der Waals surface area contributed by atoms with Crippen LogP contribution in [-0.4, -0.2) is 0 Å². The largest absolute Gasteiger partial charge is 0.456 e. The number of rotatable bonds is 6. The quantitative estimate of drug-likeness (QED) is 0.168. The zero-order chi connectivity index (χ0) is 42.4. The smallest absolute Gasteiger partial charge is 0.140 e. The Morgan fingerprint density at radius 1 is 0.387 bits per heavy atom. The number of para-hydroxylation sites is 4. The predicted molar refractivity (Wildman–Crippen MR) is 259 cm³/mol. The lowest BCUT2D eigenvalue weighted by molar-refractivity contribution is 0.656. The van der Waals surface area contributed by atoms with Gasteiger partial charge in [0.1, 0.15) is 28.4 Å². The number of hydrogen-bond acceptors (Lipinski definition) is 5. The molecule has 0 atom stereocenters. The molecule has 298 valence electrons. The summed E-state index contributed by atoms with van der Waals surface area (Å²) >= 11 is 0. The molecule has 0 saturated heterocycles. The molecule has 5 nitrogen and oxygen atoms in total. The maximum atomic E-state index is 10.9. The highest BCUT2D eigenvalue weighted by Gasteiger charge is 2.24. The molecule has 2 aromatic heterocycles. The Balaban J connectivity index is 1.06. The fraction of sp³-hybridized carbons (Fsp3) is 0.105. The Bertz CT molecular complexity index is 3420. The lowest BCUT2D eigenvalue weighted by Crippen LogP contribution is -2.14. The van der Waals surface area contributed by atoms with Crippen molar-refractivity contribution >= 4 is 99.5 Å². The third-order valence-corrected chi connectivity index (χ3v) is 12.7. The molecule has 0 aliphatic heterocycles. The number of nitrogens with zero attached hydrogens (tertiary/aromatic N) is 3. The monoisotopic (exact) mass is 801 g/mol. The van der Waals surface area contributed by atoms with E-state index >= 15 is 0 Å². The van der Waals surface area contributed by atoms with Gasteiger partial charge in [0.05, 0.1) is 16.9 Å². The average Bonchev–Trinajstić information content (AvgIpc) is 3.80. The van der Waals surface area contributed by atoms with E-state index in [1.807, 2.05) is 6.07 Å². The molecule has 0 saturated carbocycles. The van der Waals surface area contributed by atoms with E-state index in [1.165, 1.54) is 44.8 Å². The molecule has 62 heavy (non-hydrogen) atoms. The molecule has 0 unspecified atom stereocenters. The Hall–Kier alpha value is -7.81. The van der Waals surface area contributed by atoms with Crippen LogP contribution in [0.15, 0.2) is 160 Å². The number of furan rings is 2. The lowest BCUT2D eigenvalue weighted by Gasteiger charge is -2.30. The van der Waals surface area contributed by atoms with Crippen molar-refractivity contribution in [2.24, 2.45) is 0 Å². The molecule has 0 bridgehead atoms. The Morgan fingerprint density at radius 3 is 1.19 bits per heavy atom. The highest BCUT2D eigenvalue weighted by atomic mass is 16.3. The SMILES string of the molecule is Cc1ccccc1N(c1ccc2cc3c(cc2c1)oc1cc2oc4cc5cc(N(c6ccccc6C)c6c(C)cccc6C)ccc5cc4c2c(C#N)c13)c1c(C)cccc1C. The summed E-state index contributed by atoms with van der Waals surface area (Å²) in [6.07, 6.45) is 0. The van der Waals surface area contributed by atoms with Gasteiger partial charge in [0.15, 0.2) is 0 Å². The molecular formula is C57H43N3O2. The second-order valence-electron chi connectivity index (χ2n) is 16.8. The van der Waals surface area contributed by atoms with Crippen molar-refractivity contribution in [3.63, 3.8) is 0 Å². The number of nitriles is 1. The van der Waals surface area contributed by atoms with Crippen LogP contribution in [0.5, 0.6) is 0 Å². The molecular weight excluding hydrogens is 759 g/mol. The van der Waals surface area contributed by atoms with Crippen LogP contribution < -0.4 is 9.80 Å². The van der Waals surface area contributed by atoms with E-state index in [4.69, 9.17) is 8.83 Å². The maximum absolute atomic E-state index is 10.9. The van der Waals surface area contributed by atoms with E-state index in [2.05, 4.69) is 203 Å². The molecule has 9 aromatic carbocycles. The predicted octanol–water partition coefficient (Wildman–Crippen LogP) is 16.5. The molecule has 11 aromatic rings. The minimum Gasteiger partial charge on any atom is -0.456 e. The number of hydrogen-bond donors (Lipinski definition) is 0. The number of fused-ring (bicyclic) bond motifs is 8. The van der Waals surface area contributed by atoms with Crippen molar-refractivity contribution < 1.29 is 8.83 Å². The minimum atomic E-state index is 0.559. The number of aryl methyl sites for hydroxylation is 6. The van der Waals surface area contributed by atoms with Gasteiger partial charge in [0.25, 0.3) is 0 Å². The third-order valence-electron chi connectivity index (χ3n) is 12.7. The first kappa shape index (κ1) is 37.2. The van der Waals surface area contributed by atoms with Gasteiger partial charge in [0, 0.05) is 50.4 Å². The fourth-order valence-corrected chi connectivity index (χ4v) is 9.77. The highest BCUT2D eigenvalue weighted by molar-refractivity contribution is 6.22. The van der Waals surface area contributed by atoms with Crippen molar-refractivity contribution in [1.29, 1.82) is 5.26 Å². The van der Waals surface area contributed by atoms with Gasteiger partial charge in [-0.1, -0.05) is 84.9 Å². The van der Waals surface area contributed by atoms with Gasteiger partial charge in [-0.2, -0.15) is 5.26 Å². The third kappa shape index (κ3) is 5.75. The van der Waals surface area contributed by atoms with Gasteiger partial charge < -0.3 is 18.6 Å². The summed E-state index contributed by atoms with van der Waals surface area (Å²) in [6.45, 7) is 13.0. The van der Waals surface area contributed by atoms with Crippen LogP contribution in [0.25, 0.3) is 65.4 Å². The van der Waals surface area contributed by atoms with Gasteiger partial charge in [0.2, 0.25) is 0 Å². The van der Waals surface area contributed by atoms with Gasteiger partial charge >= 0.3 is 0 Å². The maximum Gasteiger partial charge on any atom is 0.140 e. The highest BCUT2D eigenvalue weighted by Crippen LogP contribution is 2.46. The molecule has 5 heteroatoms. The molecule has 0 spiro atoms. The van der Waals surface area contributed by atoms with Crippen LogP contribution >= 0.6 is 0 Å². The molecule has 0 radical (unpaired) electrons. The summed E-state index contributed by atoms with van der Waals surface area (Å²) in [5.74, 6) is 0. The van der Waals surface area contributed by atoms with Crippen molar-refractivity contribution in [1.82, 2.24) is 0 Å². The normalized spacial score (nSPS) is 11.7. The average molecular weight is 802 g/mol. The van der Waals surface area contributed by atoms with Crippen LogP contribution in [0.3, 0.4) is 0 Å². The summed E-state index contributed by atoms with van der Waals surface area (Å²) in [5.41, 5.74) is 17.2. The van der Waals surface area contributed by atoms with E-state index in [-0.39, 0.29) is 0 Å². The standard InChI is InChI=1S/C57H43N3O2/c1-33-13-7-9-19-48(33)59(56-35(3)15-11-16-36(56)4)43-23-21-39-27-45-50(29-41(39)25-43)61-52-31-53-55(47(32-58)54(45)52)46-28-40-22-24-44(26-42(40)30-51(46)62-53)60(49-20-10-8-14-34(49)2)57-37(5)17-12-18-38(57)6/h7-31H,1-6H3. The lowest BCUT2D eigenvalue weighted by atomic mass is 9.98. The second kappa shape index (κ2) is 14.1. The Morgan fingerprint density at radius 2 is 0.790 bits per heavy atom. The van der Waals surface area contributed by atoms with Gasteiger partial charge in [-0.3, -0.25) is 0 Å². The van der Waals surface area contributed by atoms with Gasteiger partial charge in [-0.15, -0.1) is 0 Å². The molecule has 2 heterocycles. The van der Waals surface area contributed by atoms with Crippen molar-refractivity contribution in [3.05, 3.63) is 191 Å². The van der Waals surface area contributed by atoms with E-state index in [1.54, 1.807) is 0 Å². The zero-order valence-electron chi connectivity index (χ0n) is 35.6. The summed E-state index contributed by atoms with van der Waals surface area (Å²) in [5, 5.41) is 18.6. The minimum absolute atomic E-state index is 0.559. The summed E-state index contributed by atoms with van der Waals surface area (Å²) < 4.78 is 13.3. The fourth-order valence-electron chi connectivity index (χ4n) is 9.77. The zero-order valence-corrected chi connectivity index (χ0v) is 35.6. The van der Waals surface area contributed by atoms with Gasteiger partial charge in [-0.05, 0) is 157 Å². The van der Waals surface area contributed by atoms with Crippen LogP contribution in [0.4, 0.5) is 34.1 Å². The Labute approximate surface area is 360 Å². The molecule has 0 amide bonds.